The molecule has 4 rings (SSSR count). The fraction of sp³-hybridized carbons (Fsp3) is 0.630. The molecule has 1 aliphatic carbocycles. The normalized spacial score (nSPS) is 27.3. The van der Waals surface area contributed by atoms with Crippen molar-refractivity contribution in [2.45, 2.75) is 71.1 Å². The van der Waals surface area contributed by atoms with Crippen LogP contribution in [0.15, 0.2) is 35.6 Å². The summed E-state index contributed by atoms with van der Waals surface area (Å²) in [4.78, 5) is 31.5. The predicted octanol–water partition coefficient (Wildman–Crippen LogP) is 4.07. The maximum absolute atomic E-state index is 13.8. The molecule has 180 valence electrons. The lowest BCUT2D eigenvalue weighted by molar-refractivity contribution is -0.138. The summed E-state index contributed by atoms with van der Waals surface area (Å²) in [6, 6.07) is 8.01. The van der Waals surface area contributed by atoms with Crippen molar-refractivity contribution in [1.82, 2.24) is 9.80 Å². The number of carbonyl (C=O) groups is 2. The lowest BCUT2D eigenvalue weighted by Gasteiger charge is -2.38. The van der Waals surface area contributed by atoms with Crippen LogP contribution < -0.4 is 0 Å². The van der Waals surface area contributed by atoms with E-state index in [0.29, 0.717) is 24.5 Å². The summed E-state index contributed by atoms with van der Waals surface area (Å²) in [5.41, 5.74) is 2.79. The largest absolute Gasteiger partial charge is 0.483 e. The van der Waals surface area contributed by atoms with Gasteiger partial charge in [-0.3, -0.25) is 9.59 Å². The van der Waals surface area contributed by atoms with Crippen LogP contribution in [-0.4, -0.2) is 67.0 Å². The summed E-state index contributed by atoms with van der Waals surface area (Å²) in [6.45, 7) is 11.8. The van der Waals surface area contributed by atoms with Crippen molar-refractivity contribution in [2.75, 3.05) is 33.3 Å². The van der Waals surface area contributed by atoms with Crippen LogP contribution in [0, 0.1) is 5.92 Å². The molecular formula is C27H38N2O4. The number of nitrogens with zero attached hydrogens (tertiary/aromatic N) is 2. The number of rotatable bonds is 8. The molecule has 1 fully saturated rings. The zero-order valence-corrected chi connectivity index (χ0v) is 20.7. The maximum atomic E-state index is 13.8. The molecule has 6 nitrogen and oxygen atoms in total. The molecule has 1 saturated carbocycles. The van der Waals surface area contributed by atoms with E-state index in [0.717, 1.165) is 38.0 Å². The number of likely N-dealkylation sites (N-methyl/N-ethyl adjacent to an activating group) is 1. The second kappa shape index (κ2) is 9.98. The molecule has 0 bridgehead atoms. The van der Waals surface area contributed by atoms with Gasteiger partial charge < -0.3 is 19.3 Å². The molecule has 0 aromatic heterocycles. The second-order valence-corrected chi connectivity index (χ2v) is 9.79. The molecule has 3 aliphatic rings. The second-order valence-electron chi connectivity index (χ2n) is 9.79. The van der Waals surface area contributed by atoms with Gasteiger partial charge in [0.1, 0.15) is 6.10 Å². The Morgan fingerprint density at radius 1 is 1.12 bits per heavy atom. The van der Waals surface area contributed by atoms with Gasteiger partial charge in [0.2, 0.25) is 0 Å². The number of amides is 1. The lowest BCUT2D eigenvalue weighted by atomic mass is 9.76. The zero-order valence-electron chi connectivity index (χ0n) is 20.7. The first-order valence-corrected chi connectivity index (χ1v) is 12.5. The van der Waals surface area contributed by atoms with Gasteiger partial charge in [-0.1, -0.05) is 52.0 Å². The van der Waals surface area contributed by atoms with Crippen LogP contribution in [0.3, 0.4) is 0 Å². The summed E-state index contributed by atoms with van der Waals surface area (Å²) in [6.07, 6.45) is 2.06. The highest BCUT2D eigenvalue weighted by Crippen LogP contribution is 2.47. The van der Waals surface area contributed by atoms with E-state index in [1.165, 1.54) is 5.56 Å². The molecule has 1 amide bonds. The number of Topliss-reactive ketones (excluding diaryl/α,β-unsaturated/α-hetero) is 1. The number of ether oxygens (including phenoxy) is 2. The molecular weight excluding hydrogens is 416 g/mol. The Kier molecular flexibility index (Phi) is 7.25. The zero-order chi connectivity index (χ0) is 23.7. The van der Waals surface area contributed by atoms with E-state index in [2.05, 4.69) is 56.9 Å². The van der Waals surface area contributed by atoms with Crippen LogP contribution in [0.4, 0.5) is 0 Å². The van der Waals surface area contributed by atoms with Crippen LogP contribution in [-0.2, 0) is 19.1 Å². The molecule has 2 heterocycles. The number of hydrogen-bond donors (Lipinski definition) is 0. The number of hydrogen-bond acceptors (Lipinski definition) is 5. The van der Waals surface area contributed by atoms with E-state index < -0.39 is 0 Å². The minimum absolute atomic E-state index is 0.0795. The topological polar surface area (TPSA) is 59.1 Å². The highest BCUT2D eigenvalue weighted by molar-refractivity contribution is 6.11. The van der Waals surface area contributed by atoms with Gasteiger partial charge in [-0.25, -0.2) is 0 Å². The van der Waals surface area contributed by atoms with Gasteiger partial charge in [0, 0.05) is 26.6 Å². The van der Waals surface area contributed by atoms with Gasteiger partial charge >= 0.3 is 0 Å². The Labute approximate surface area is 197 Å². The van der Waals surface area contributed by atoms with Crippen molar-refractivity contribution in [3.8, 4) is 0 Å². The number of carbonyl (C=O) groups excluding carboxylic acids is 2. The molecule has 4 unspecified atom stereocenters. The Hall–Kier alpha value is -2.18. The van der Waals surface area contributed by atoms with Crippen molar-refractivity contribution >= 4 is 11.7 Å². The molecule has 6 heteroatoms. The van der Waals surface area contributed by atoms with Crippen LogP contribution >= 0.6 is 0 Å². The Morgan fingerprint density at radius 3 is 2.42 bits per heavy atom. The van der Waals surface area contributed by atoms with E-state index in [1.807, 2.05) is 4.90 Å². The van der Waals surface area contributed by atoms with Crippen LogP contribution in [0.2, 0.25) is 0 Å². The standard InChI is InChI=1S/C27H38N2O4/c1-6-28(7-2)14-15-29-24(19-10-8-18(9-11-19)17(3)4)23-25(30)21-13-12-20(32-5)16-22(21)33-26(23)27(29)31/h8-11,17,20-22,24H,6-7,12-16H2,1-5H3. The highest BCUT2D eigenvalue weighted by atomic mass is 16.5. The van der Waals surface area contributed by atoms with E-state index >= 15 is 0 Å². The summed E-state index contributed by atoms with van der Waals surface area (Å²) < 4.78 is 11.8. The molecule has 4 atom stereocenters. The smallest absolute Gasteiger partial charge is 0.290 e. The molecule has 33 heavy (non-hydrogen) atoms. The quantitative estimate of drug-likeness (QED) is 0.593. The summed E-state index contributed by atoms with van der Waals surface area (Å²) in [5, 5.41) is 0. The van der Waals surface area contributed by atoms with E-state index in [9.17, 15) is 9.59 Å². The highest BCUT2D eigenvalue weighted by Gasteiger charge is 2.52. The maximum Gasteiger partial charge on any atom is 0.290 e. The Morgan fingerprint density at radius 2 is 1.82 bits per heavy atom. The van der Waals surface area contributed by atoms with Gasteiger partial charge in [0.15, 0.2) is 11.5 Å². The fourth-order valence-corrected chi connectivity index (χ4v) is 5.52. The van der Waals surface area contributed by atoms with Gasteiger partial charge in [-0.2, -0.15) is 0 Å². The molecule has 1 aromatic rings. The van der Waals surface area contributed by atoms with E-state index in [-0.39, 0.29) is 41.6 Å². The number of methoxy groups -OCH3 is 1. The van der Waals surface area contributed by atoms with Crippen LogP contribution in [0.25, 0.3) is 0 Å². The predicted molar refractivity (Wildman–Crippen MR) is 128 cm³/mol. The minimum Gasteiger partial charge on any atom is -0.483 e. The summed E-state index contributed by atoms with van der Waals surface area (Å²) in [5.74, 6) is 0.446. The van der Waals surface area contributed by atoms with E-state index in [1.54, 1.807) is 7.11 Å². The monoisotopic (exact) mass is 454 g/mol. The van der Waals surface area contributed by atoms with Crippen molar-refractivity contribution in [2.24, 2.45) is 5.92 Å². The lowest BCUT2D eigenvalue weighted by Crippen LogP contribution is -2.43. The fourth-order valence-electron chi connectivity index (χ4n) is 5.52. The first-order chi connectivity index (χ1) is 15.9. The third-order valence-corrected chi connectivity index (χ3v) is 7.70. The van der Waals surface area contributed by atoms with Crippen molar-refractivity contribution in [1.29, 1.82) is 0 Å². The molecule has 0 saturated heterocycles. The SMILES string of the molecule is CCN(CC)CCN1C(=O)C2=C(C(=O)C3CCC(OC)CC3O2)C1c1ccc(C(C)C)cc1. The molecule has 0 radical (unpaired) electrons. The first-order valence-electron chi connectivity index (χ1n) is 12.5. The van der Waals surface area contributed by atoms with Gasteiger partial charge in [0.05, 0.1) is 23.6 Å². The molecule has 0 spiro atoms. The van der Waals surface area contributed by atoms with E-state index in [4.69, 9.17) is 9.47 Å². The third-order valence-electron chi connectivity index (χ3n) is 7.70. The Bertz CT molecular complexity index is 903. The average Bonchev–Trinajstić information content (AvgIpc) is 3.11. The van der Waals surface area contributed by atoms with Crippen LogP contribution in [0.1, 0.15) is 70.0 Å². The van der Waals surface area contributed by atoms with Gasteiger partial charge in [-0.15, -0.1) is 0 Å². The third kappa shape index (κ3) is 4.47. The minimum atomic E-state index is -0.377. The van der Waals surface area contributed by atoms with Crippen molar-refractivity contribution in [3.05, 3.63) is 46.7 Å². The first kappa shape index (κ1) is 24.0. The van der Waals surface area contributed by atoms with Gasteiger partial charge in [-0.05, 0) is 43.0 Å². The number of benzene rings is 1. The average molecular weight is 455 g/mol. The van der Waals surface area contributed by atoms with Crippen molar-refractivity contribution in [3.63, 3.8) is 0 Å². The summed E-state index contributed by atoms with van der Waals surface area (Å²) in [7, 11) is 1.70. The Balaban J connectivity index is 1.69. The molecule has 0 N–H and O–H groups in total. The number of fused-ring (bicyclic) bond motifs is 1. The molecule has 2 aliphatic heterocycles. The number of ketones is 1. The van der Waals surface area contributed by atoms with Crippen molar-refractivity contribution < 1.29 is 19.1 Å². The van der Waals surface area contributed by atoms with Gasteiger partial charge in [0.25, 0.3) is 5.91 Å². The molecule has 1 aromatic carbocycles. The van der Waals surface area contributed by atoms with Crippen LogP contribution in [0.5, 0.6) is 0 Å². The summed E-state index contributed by atoms with van der Waals surface area (Å²) >= 11 is 0.